The lowest BCUT2D eigenvalue weighted by Crippen LogP contribution is -2.15. The van der Waals surface area contributed by atoms with Crippen LogP contribution in [0.2, 0.25) is 5.15 Å². The van der Waals surface area contributed by atoms with E-state index in [4.69, 9.17) is 11.6 Å². The van der Waals surface area contributed by atoms with E-state index in [1.165, 1.54) is 0 Å². The molecule has 1 aliphatic carbocycles. The number of Topliss-reactive ketones (excluding diaryl/α,β-unsaturated/α-hetero) is 2. The monoisotopic (exact) mass is 339 g/mol. The molecule has 0 radical (unpaired) electrons. The fraction of sp³-hybridized carbons (Fsp3) is 0.250. The number of hydrogen-bond acceptors (Lipinski definition) is 3. The van der Waals surface area contributed by atoms with Crippen molar-refractivity contribution in [1.82, 2.24) is 4.98 Å². The van der Waals surface area contributed by atoms with Gasteiger partial charge in [-0.15, -0.1) is 0 Å². The predicted molar refractivity (Wildman–Crippen MR) is 95.2 cm³/mol. The summed E-state index contributed by atoms with van der Waals surface area (Å²) < 4.78 is 0. The molecule has 24 heavy (non-hydrogen) atoms. The van der Waals surface area contributed by atoms with E-state index in [1.54, 1.807) is 24.4 Å². The highest BCUT2D eigenvalue weighted by molar-refractivity contribution is 6.29. The molecule has 1 atom stereocenters. The summed E-state index contributed by atoms with van der Waals surface area (Å²) in [6.45, 7) is 5.93. The average Bonchev–Trinajstić information content (AvgIpc) is 2.76. The molecule has 0 N–H and O–H groups in total. The third-order valence-corrected chi connectivity index (χ3v) is 4.61. The molecular weight excluding hydrogens is 322 g/mol. The van der Waals surface area contributed by atoms with Gasteiger partial charge in [0, 0.05) is 18.2 Å². The summed E-state index contributed by atoms with van der Waals surface area (Å²) in [7, 11) is 0. The molecule has 1 aromatic heterocycles. The zero-order valence-corrected chi connectivity index (χ0v) is 14.6. The SMILES string of the molecule is Cc1cc(C)c(C2C(=O)C/C(=C\c3ccc(Cl)nc3)C2=O)c(C)c1. The highest BCUT2D eigenvalue weighted by atomic mass is 35.5. The maximum Gasteiger partial charge on any atom is 0.174 e. The molecule has 122 valence electrons. The van der Waals surface area contributed by atoms with Gasteiger partial charge in [-0.3, -0.25) is 9.59 Å². The lowest BCUT2D eigenvalue weighted by atomic mass is 9.87. The largest absolute Gasteiger partial charge is 0.298 e. The molecule has 0 saturated heterocycles. The molecule has 3 rings (SSSR count). The van der Waals surface area contributed by atoms with Crippen LogP contribution in [0.3, 0.4) is 0 Å². The molecule has 0 bridgehead atoms. The number of allylic oxidation sites excluding steroid dienone is 1. The number of aryl methyl sites for hydroxylation is 3. The summed E-state index contributed by atoms with van der Waals surface area (Å²) in [6, 6.07) is 7.50. The minimum atomic E-state index is -0.683. The van der Waals surface area contributed by atoms with Gasteiger partial charge in [-0.2, -0.15) is 0 Å². The van der Waals surface area contributed by atoms with E-state index < -0.39 is 5.92 Å². The normalized spacial score (nSPS) is 19.3. The number of aromatic nitrogens is 1. The van der Waals surface area contributed by atoms with Gasteiger partial charge < -0.3 is 0 Å². The Kier molecular flexibility index (Phi) is 4.37. The number of nitrogens with zero attached hydrogens (tertiary/aromatic N) is 1. The molecule has 0 aliphatic heterocycles. The molecule has 1 aliphatic rings. The number of rotatable bonds is 2. The highest BCUT2D eigenvalue weighted by Crippen LogP contribution is 2.36. The lowest BCUT2D eigenvalue weighted by molar-refractivity contribution is -0.123. The van der Waals surface area contributed by atoms with E-state index in [0.717, 1.165) is 27.8 Å². The van der Waals surface area contributed by atoms with Crippen molar-refractivity contribution in [3.05, 3.63) is 69.0 Å². The van der Waals surface area contributed by atoms with Crippen molar-refractivity contribution in [3.63, 3.8) is 0 Å². The van der Waals surface area contributed by atoms with Crippen molar-refractivity contribution in [2.75, 3.05) is 0 Å². The second-order valence-corrected chi connectivity index (χ2v) is 6.72. The second kappa shape index (κ2) is 6.33. The lowest BCUT2D eigenvalue weighted by Gasteiger charge is -2.15. The third kappa shape index (κ3) is 3.04. The first-order valence-corrected chi connectivity index (χ1v) is 8.21. The number of benzene rings is 1. The molecule has 1 unspecified atom stereocenters. The van der Waals surface area contributed by atoms with E-state index in [0.29, 0.717) is 10.7 Å². The highest BCUT2D eigenvalue weighted by Gasteiger charge is 2.39. The van der Waals surface area contributed by atoms with Crippen LogP contribution < -0.4 is 0 Å². The summed E-state index contributed by atoms with van der Waals surface area (Å²) >= 11 is 5.78. The molecule has 4 heteroatoms. The van der Waals surface area contributed by atoms with E-state index in [-0.39, 0.29) is 18.0 Å². The van der Waals surface area contributed by atoms with Crippen molar-refractivity contribution in [2.24, 2.45) is 0 Å². The first kappa shape index (κ1) is 16.6. The van der Waals surface area contributed by atoms with Crippen LogP contribution in [0.15, 0.2) is 36.0 Å². The Morgan fingerprint density at radius 1 is 1.12 bits per heavy atom. The Labute approximate surface area is 146 Å². The Balaban J connectivity index is 2.00. The number of carbonyl (C=O) groups excluding carboxylic acids is 2. The van der Waals surface area contributed by atoms with Crippen LogP contribution in [0, 0.1) is 20.8 Å². The van der Waals surface area contributed by atoms with Crippen LogP contribution in [0.1, 0.15) is 40.2 Å². The van der Waals surface area contributed by atoms with Gasteiger partial charge in [-0.25, -0.2) is 4.98 Å². The van der Waals surface area contributed by atoms with Gasteiger partial charge in [0.2, 0.25) is 0 Å². The Morgan fingerprint density at radius 3 is 2.38 bits per heavy atom. The zero-order chi connectivity index (χ0) is 17.4. The third-order valence-electron chi connectivity index (χ3n) is 4.38. The van der Waals surface area contributed by atoms with Gasteiger partial charge in [-0.05, 0) is 55.2 Å². The van der Waals surface area contributed by atoms with Crippen LogP contribution >= 0.6 is 11.6 Å². The summed E-state index contributed by atoms with van der Waals surface area (Å²) in [4.78, 5) is 29.4. The Bertz CT molecular complexity index is 843. The summed E-state index contributed by atoms with van der Waals surface area (Å²) in [5.41, 5.74) is 5.28. The Hall–Kier alpha value is -2.26. The molecule has 2 aromatic rings. The average molecular weight is 340 g/mol. The number of pyridine rings is 1. The van der Waals surface area contributed by atoms with E-state index >= 15 is 0 Å². The van der Waals surface area contributed by atoms with Crippen LogP contribution in [0.5, 0.6) is 0 Å². The van der Waals surface area contributed by atoms with Crippen molar-refractivity contribution >= 4 is 29.2 Å². The van der Waals surface area contributed by atoms with Crippen LogP contribution in [-0.4, -0.2) is 16.6 Å². The van der Waals surface area contributed by atoms with Gasteiger partial charge >= 0.3 is 0 Å². The molecular formula is C20H18ClNO2. The van der Waals surface area contributed by atoms with Crippen LogP contribution in [0.4, 0.5) is 0 Å². The minimum absolute atomic E-state index is 0.0387. The first-order valence-electron chi connectivity index (χ1n) is 7.83. The second-order valence-electron chi connectivity index (χ2n) is 6.34. The number of hydrogen-bond donors (Lipinski definition) is 0. The number of halogens is 1. The first-order chi connectivity index (χ1) is 11.4. The molecule has 1 fully saturated rings. The molecule has 1 saturated carbocycles. The molecule has 0 amide bonds. The fourth-order valence-electron chi connectivity index (χ4n) is 3.44. The van der Waals surface area contributed by atoms with Crippen molar-refractivity contribution in [2.45, 2.75) is 33.1 Å². The fourth-order valence-corrected chi connectivity index (χ4v) is 3.55. The molecule has 0 spiro atoms. The van der Waals surface area contributed by atoms with E-state index in [1.807, 2.05) is 32.9 Å². The van der Waals surface area contributed by atoms with Gasteiger partial charge in [0.05, 0.1) is 0 Å². The maximum absolute atomic E-state index is 12.8. The van der Waals surface area contributed by atoms with Crippen LogP contribution in [-0.2, 0) is 9.59 Å². The molecule has 1 aromatic carbocycles. The van der Waals surface area contributed by atoms with Gasteiger partial charge in [0.1, 0.15) is 11.1 Å². The van der Waals surface area contributed by atoms with Crippen molar-refractivity contribution < 1.29 is 9.59 Å². The van der Waals surface area contributed by atoms with Gasteiger partial charge in [0.25, 0.3) is 0 Å². The zero-order valence-electron chi connectivity index (χ0n) is 13.9. The smallest absolute Gasteiger partial charge is 0.174 e. The maximum atomic E-state index is 12.8. The van der Waals surface area contributed by atoms with Crippen molar-refractivity contribution in [3.8, 4) is 0 Å². The van der Waals surface area contributed by atoms with Gasteiger partial charge in [-0.1, -0.05) is 35.4 Å². The number of ketones is 2. The van der Waals surface area contributed by atoms with E-state index in [2.05, 4.69) is 4.98 Å². The van der Waals surface area contributed by atoms with Crippen molar-refractivity contribution in [1.29, 1.82) is 0 Å². The van der Waals surface area contributed by atoms with E-state index in [9.17, 15) is 9.59 Å². The van der Waals surface area contributed by atoms with Gasteiger partial charge in [0.15, 0.2) is 11.6 Å². The number of carbonyl (C=O) groups is 2. The Morgan fingerprint density at radius 2 is 1.79 bits per heavy atom. The molecule has 1 heterocycles. The summed E-state index contributed by atoms with van der Waals surface area (Å²) in [5.74, 6) is -0.828. The minimum Gasteiger partial charge on any atom is -0.298 e. The molecule has 3 nitrogen and oxygen atoms in total. The predicted octanol–water partition coefficient (Wildman–Crippen LogP) is 4.37. The summed E-state index contributed by atoms with van der Waals surface area (Å²) in [5, 5.41) is 0.398. The topological polar surface area (TPSA) is 47.0 Å². The standard InChI is InChI=1S/C20H18ClNO2/c1-11-6-12(2)18(13(3)7-11)19-16(23)9-15(20(19)24)8-14-4-5-17(21)22-10-14/h4-8,10,19H,9H2,1-3H3/b15-8+. The van der Waals surface area contributed by atoms with Crippen LogP contribution in [0.25, 0.3) is 6.08 Å². The quantitative estimate of drug-likeness (QED) is 0.463. The summed E-state index contributed by atoms with van der Waals surface area (Å²) in [6.07, 6.45) is 3.50.